The molecular formula is C7H16ClNOS. The molecule has 11 heavy (non-hydrogen) atoms. The highest BCUT2D eigenvalue weighted by molar-refractivity contribution is 7.99. The maximum atomic E-state index is 5.49. The van der Waals surface area contributed by atoms with Crippen LogP contribution >= 0.6 is 24.2 Å². The molecule has 1 fully saturated rings. The summed E-state index contributed by atoms with van der Waals surface area (Å²) in [6, 6.07) is 0. The quantitative estimate of drug-likeness (QED) is 0.741. The topological polar surface area (TPSA) is 35.2 Å². The van der Waals surface area contributed by atoms with Crippen LogP contribution in [0.25, 0.3) is 0 Å². The lowest BCUT2D eigenvalue weighted by Gasteiger charge is -2.21. The molecule has 1 saturated heterocycles. The normalized spacial score (nSPS) is 19.4. The highest BCUT2D eigenvalue weighted by Gasteiger charge is 2.12. The Balaban J connectivity index is 0.000001000. The molecule has 0 aromatic heterocycles. The Hall–Kier alpha value is 0.560. The molecule has 1 aliphatic rings. The fraction of sp³-hybridized carbons (Fsp3) is 1.00. The van der Waals surface area contributed by atoms with Gasteiger partial charge in [0.05, 0.1) is 12.7 Å². The second-order valence-electron chi connectivity index (χ2n) is 2.47. The number of nitrogens with two attached hydrogens (primary N) is 1. The fourth-order valence-electron chi connectivity index (χ4n) is 1.08. The predicted octanol–water partition coefficient (Wildman–Crippen LogP) is 1.28. The van der Waals surface area contributed by atoms with E-state index < -0.39 is 0 Å². The summed E-state index contributed by atoms with van der Waals surface area (Å²) in [6.07, 6.45) is 2.93. The zero-order valence-corrected chi connectivity index (χ0v) is 8.26. The molecule has 1 aliphatic heterocycles. The van der Waals surface area contributed by atoms with Gasteiger partial charge in [-0.15, -0.1) is 12.4 Å². The van der Waals surface area contributed by atoms with Crippen molar-refractivity contribution < 1.29 is 4.74 Å². The van der Waals surface area contributed by atoms with E-state index in [0.29, 0.717) is 12.6 Å². The Morgan fingerprint density at radius 3 is 2.55 bits per heavy atom. The summed E-state index contributed by atoms with van der Waals surface area (Å²) < 4.78 is 5.49. The lowest BCUT2D eigenvalue weighted by Crippen LogP contribution is -2.22. The molecule has 0 saturated carbocycles. The number of rotatable bonds is 3. The van der Waals surface area contributed by atoms with Gasteiger partial charge in [0.15, 0.2) is 0 Å². The van der Waals surface area contributed by atoms with Gasteiger partial charge in [-0.2, -0.15) is 11.8 Å². The molecule has 0 unspecified atom stereocenters. The van der Waals surface area contributed by atoms with Crippen molar-refractivity contribution in [1.82, 2.24) is 0 Å². The molecule has 0 atom stereocenters. The monoisotopic (exact) mass is 197 g/mol. The Morgan fingerprint density at radius 1 is 1.36 bits per heavy atom. The third-order valence-corrected chi connectivity index (χ3v) is 2.69. The first-order valence-corrected chi connectivity index (χ1v) is 4.98. The summed E-state index contributed by atoms with van der Waals surface area (Å²) in [5.41, 5.74) is 5.32. The molecule has 0 spiro atoms. The smallest absolute Gasteiger partial charge is 0.0592 e. The van der Waals surface area contributed by atoms with E-state index >= 15 is 0 Å². The summed E-state index contributed by atoms with van der Waals surface area (Å²) in [7, 11) is 0. The Kier molecular flexibility index (Phi) is 7.59. The molecule has 0 aromatic carbocycles. The van der Waals surface area contributed by atoms with E-state index in [2.05, 4.69) is 0 Å². The molecule has 2 N–H and O–H groups in total. The van der Waals surface area contributed by atoms with Crippen LogP contribution in [-0.2, 0) is 4.74 Å². The summed E-state index contributed by atoms with van der Waals surface area (Å²) in [4.78, 5) is 0. The van der Waals surface area contributed by atoms with Gasteiger partial charge in [0, 0.05) is 6.54 Å². The lowest BCUT2D eigenvalue weighted by molar-refractivity contribution is 0.0535. The standard InChI is InChI=1S/C7H15NOS.ClH/c8-3-4-9-7-1-5-10-6-2-7;/h7H,1-6,8H2;1H. The van der Waals surface area contributed by atoms with E-state index in [-0.39, 0.29) is 12.4 Å². The lowest BCUT2D eigenvalue weighted by atomic mass is 10.2. The van der Waals surface area contributed by atoms with E-state index in [0.717, 1.165) is 6.61 Å². The van der Waals surface area contributed by atoms with Crippen molar-refractivity contribution >= 4 is 24.2 Å². The molecule has 1 rings (SSSR count). The van der Waals surface area contributed by atoms with Gasteiger partial charge in [-0.3, -0.25) is 0 Å². The van der Waals surface area contributed by atoms with Crippen LogP contribution in [0.4, 0.5) is 0 Å². The van der Waals surface area contributed by atoms with Gasteiger partial charge in [-0.25, -0.2) is 0 Å². The van der Waals surface area contributed by atoms with Gasteiger partial charge in [-0.1, -0.05) is 0 Å². The largest absolute Gasteiger partial charge is 0.377 e. The molecule has 1 heterocycles. The van der Waals surface area contributed by atoms with Crippen molar-refractivity contribution in [3.05, 3.63) is 0 Å². The summed E-state index contributed by atoms with van der Waals surface area (Å²) in [6.45, 7) is 1.39. The number of hydrogen-bond acceptors (Lipinski definition) is 3. The van der Waals surface area contributed by atoms with Gasteiger partial charge < -0.3 is 10.5 Å². The van der Waals surface area contributed by atoms with Crippen LogP contribution in [0, 0.1) is 0 Å². The highest BCUT2D eigenvalue weighted by Crippen LogP contribution is 2.18. The first kappa shape index (κ1) is 11.6. The number of halogens is 1. The van der Waals surface area contributed by atoms with E-state index in [1.165, 1.54) is 24.3 Å². The van der Waals surface area contributed by atoms with Crippen molar-refractivity contribution in [2.75, 3.05) is 24.7 Å². The average Bonchev–Trinajstić information content (AvgIpc) is 2.03. The first-order chi connectivity index (χ1) is 4.93. The Bertz CT molecular complexity index is 88.5. The molecule has 4 heteroatoms. The maximum Gasteiger partial charge on any atom is 0.0592 e. The molecule has 0 radical (unpaired) electrons. The van der Waals surface area contributed by atoms with Crippen molar-refractivity contribution in [3.8, 4) is 0 Å². The number of thioether (sulfide) groups is 1. The molecule has 0 amide bonds. The average molecular weight is 198 g/mol. The Morgan fingerprint density at radius 2 is 2.00 bits per heavy atom. The molecular weight excluding hydrogens is 182 g/mol. The van der Waals surface area contributed by atoms with Crippen molar-refractivity contribution in [2.45, 2.75) is 18.9 Å². The third-order valence-electron chi connectivity index (χ3n) is 1.64. The van der Waals surface area contributed by atoms with E-state index in [1.54, 1.807) is 0 Å². The van der Waals surface area contributed by atoms with Gasteiger partial charge in [-0.05, 0) is 24.3 Å². The minimum absolute atomic E-state index is 0. The molecule has 0 bridgehead atoms. The predicted molar refractivity (Wildman–Crippen MR) is 52.6 cm³/mol. The molecule has 0 aliphatic carbocycles. The van der Waals surface area contributed by atoms with E-state index in [4.69, 9.17) is 10.5 Å². The zero-order valence-electron chi connectivity index (χ0n) is 6.62. The van der Waals surface area contributed by atoms with Gasteiger partial charge in [0.1, 0.15) is 0 Å². The zero-order chi connectivity index (χ0) is 7.23. The molecule has 2 nitrogen and oxygen atoms in total. The van der Waals surface area contributed by atoms with E-state index in [1.807, 2.05) is 11.8 Å². The SMILES string of the molecule is Cl.NCCOC1CCSCC1. The summed E-state index contributed by atoms with van der Waals surface area (Å²) in [5.74, 6) is 2.52. The van der Waals surface area contributed by atoms with Crippen LogP contribution in [0.15, 0.2) is 0 Å². The minimum atomic E-state index is 0. The Labute approximate surface area is 78.7 Å². The van der Waals surface area contributed by atoms with Crippen LogP contribution in [0.2, 0.25) is 0 Å². The summed E-state index contributed by atoms with van der Waals surface area (Å²) >= 11 is 2.02. The van der Waals surface area contributed by atoms with Crippen molar-refractivity contribution in [2.24, 2.45) is 5.73 Å². The summed E-state index contributed by atoms with van der Waals surface area (Å²) in [5, 5.41) is 0. The maximum absolute atomic E-state index is 5.49. The second-order valence-corrected chi connectivity index (χ2v) is 3.70. The van der Waals surface area contributed by atoms with E-state index in [9.17, 15) is 0 Å². The second kappa shape index (κ2) is 7.22. The van der Waals surface area contributed by atoms with Crippen LogP contribution < -0.4 is 5.73 Å². The van der Waals surface area contributed by atoms with Crippen LogP contribution in [0.5, 0.6) is 0 Å². The van der Waals surface area contributed by atoms with Gasteiger partial charge in [0.25, 0.3) is 0 Å². The third kappa shape index (κ3) is 4.90. The minimum Gasteiger partial charge on any atom is -0.377 e. The number of hydrogen-bond donors (Lipinski definition) is 1. The van der Waals surface area contributed by atoms with Crippen LogP contribution in [0.3, 0.4) is 0 Å². The molecule has 68 valence electrons. The molecule has 0 aromatic rings. The van der Waals surface area contributed by atoms with Crippen molar-refractivity contribution in [1.29, 1.82) is 0 Å². The van der Waals surface area contributed by atoms with Crippen molar-refractivity contribution in [3.63, 3.8) is 0 Å². The van der Waals surface area contributed by atoms with Crippen LogP contribution in [-0.4, -0.2) is 30.8 Å². The van der Waals surface area contributed by atoms with Crippen LogP contribution in [0.1, 0.15) is 12.8 Å². The number of ether oxygens (including phenoxy) is 1. The van der Waals surface area contributed by atoms with Gasteiger partial charge >= 0.3 is 0 Å². The fourth-order valence-corrected chi connectivity index (χ4v) is 2.14. The van der Waals surface area contributed by atoms with Gasteiger partial charge in [0.2, 0.25) is 0 Å². The highest BCUT2D eigenvalue weighted by atomic mass is 35.5. The first-order valence-electron chi connectivity index (χ1n) is 3.83.